The Bertz CT molecular complexity index is 913. The number of benzene rings is 2. The molecule has 0 spiro atoms. The normalized spacial score (nSPS) is 15.2. The number of thioether (sulfide) groups is 1. The minimum absolute atomic E-state index is 0.106. The Labute approximate surface area is 169 Å². The largest absolute Gasteiger partial charge is 0.455 e. The second kappa shape index (κ2) is 9.42. The van der Waals surface area contributed by atoms with Crippen LogP contribution in [0.3, 0.4) is 0 Å². The summed E-state index contributed by atoms with van der Waals surface area (Å²) in [6.45, 7) is 1.34. The number of anilines is 1. The van der Waals surface area contributed by atoms with E-state index in [9.17, 15) is 13.2 Å². The third-order valence-electron chi connectivity index (χ3n) is 4.08. The number of nitrogens with one attached hydrogen (secondary N) is 1. The van der Waals surface area contributed by atoms with E-state index >= 15 is 0 Å². The van der Waals surface area contributed by atoms with Crippen LogP contribution < -0.4 is 10.1 Å². The summed E-state index contributed by atoms with van der Waals surface area (Å²) in [6.07, 6.45) is 1.82. The Morgan fingerprint density at radius 1 is 1.18 bits per heavy atom. The van der Waals surface area contributed by atoms with Gasteiger partial charge in [-0.2, -0.15) is 16.1 Å². The van der Waals surface area contributed by atoms with Crippen molar-refractivity contribution in [3.8, 4) is 11.5 Å². The molecule has 28 heavy (non-hydrogen) atoms. The van der Waals surface area contributed by atoms with Crippen LogP contribution in [0.1, 0.15) is 0 Å². The fraction of sp³-hybridized carbons (Fsp3) is 0.316. The maximum absolute atomic E-state index is 12.9. The highest BCUT2D eigenvalue weighted by atomic mass is 32.2. The molecule has 0 saturated carbocycles. The first-order chi connectivity index (χ1) is 13.5. The fourth-order valence-electron chi connectivity index (χ4n) is 2.73. The Kier molecular flexibility index (Phi) is 6.95. The zero-order valence-corrected chi connectivity index (χ0v) is 17.1. The second-order valence-electron chi connectivity index (χ2n) is 6.07. The van der Waals surface area contributed by atoms with E-state index in [1.165, 1.54) is 28.2 Å². The number of hydrogen-bond donors (Lipinski definition) is 1. The smallest absolute Gasteiger partial charge is 0.243 e. The molecule has 1 aliphatic heterocycles. The summed E-state index contributed by atoms with van der Waals surface area (Å²) in [5, 5.41) is 2.75. The monoisotopic (exact) mass is 422 g/mol. The number of sulfonamides is 1. The van der Waals surface area contributed by atoms with Crippen molar-refractivity contribution < 1.29 is 22.7 Å². The standard InChI is InChI=1S/C19H22N2O5S2/c1-27-14-19(22)20-17-13-16(28(23,24)21-9-11-25-12-10-21)7-8-18(17)26-15-5-3-2-4-6-15/h2-8,13H,9-12,14H2,1H3,(H,20,22). The molecule has 2 aromatic carbocycles. The lowest BCUT2D eigenvalue weighted by Gasteiger charge is -2.26. The number of hydrogen-bond acceptors (Lipinski definition) is 6. The number of carbonyl (C=O) groups excluding carboxylic acids is 1. The van der Waals surface area contributed by atoms with Gasteiger partial charge in [-0.15, -0.1) is 0 Å². The van der Waals surface area contributed by atoms with Gasteiger partial charge in [0, 0.05) is 13.1 Å². The van der Waals surface area contributed by atoms with Crippen LogP contribution in [0.5, 0.6) is 11.5 Å². The van der Waals surface area contributed by atoms with E-state index in [-0.39, 0.29) is 16.6 Å². The first-order valence-electron chi connectivity index (χ1n) is 8.74. The van der Waals surface area contributed by atoms with Crippen LogP contribution in [0.25, 0.3) is 0 Å². The SMILES string of the molecule is CSCC(=O)Nc1cc(S(=O)(=O)N2CCOCC2)ccc1Oc1ccccc1. The number of ether oxygens (including phenoxy) is 2. The quantitative estimate of drug-likeness (QED) is 0.739. The van der Waals surface area contributed by atoms with Crippen LogP contribution in [-0.2, 0) is 19.6 Å². The number of rotatable bonds is 7. The molecule has 1 heterocycles. The molecule has 1 saturated heterocycles. The molecule has 9 heteroatoms. The van der Waals surface area contributed by atoms with E-state index in [1.54, 1.807) is 18.2 Å². The van der Waals surface area contributed by atoms with Gasteiger partial charge in [0.1, 0.15) is 5.75 Å². The first kappa shape index (κ1) is 20.7. The zero-order valence-electron chi connectivity index (χ0n) is 15.5. The van der Waals surface area contributed by atoms with E-state index < -0.39 is 10.0 Å². The summed E-state index contributed by atoms with van der Waals surface area (Å²) >= 11 is 1.38. The van der Waals surface area contributed by atoms with Crippen molar-refractivity contribution in [1.82, 2.24) is 4.31 Å². The molecule has 0 radical (unpaired) electrons. The molecule has 0 aromatic heterocycles. The van der Waals surface area contributed by atoms with Crippen molar-refractivity contribution in [2.75, 3.05) is 43.6 Å². The van der Waals surface area contributed by atoms with Crippen molar-refractivity contribution in [2.24, 2.45) is 0 Å². The van der Waals surface area contributed by atoms with Gasteiger partial charge in [0.15, 0.2) is 5.75 Å². The Balaban J connectivity index is 1.93. The van der Waals surface area contributed by atoms with E-state index in [4.69, 9.17) is 9.47 Å². The van der Waals surface area contributed by atoms with Crippen LogP contribution in [-0.4, -0.2) is 56.9 Å². The number of amides is 1. The number of morpholine rings is 1. The Morgan fingerprint density at radius 2 is 1.89 bits per heavy atom. The molecule has 0 aliphatic carbocycles. The van der Waals surface area contributed by atoms with E-state index in [0.717, 1.165) is 0 Å². The topological polar surface area (TPSA) is 84.9 Å². The van der Waals surface area contributed by atoms with Gasteiger partial charge < -0.3 is 14.8 Å². The lowest BCUT2D eigenvalue weighted by molar-refractivity contribution is -0.113. The average molecular weight is 423 g/mol. The molecular formula is C19H22N2O5S2. The molecule has 3 rings (SSSR count). The minimum atomic E-state index is -3.68. The summed E-state index contributed by atoms with van der Waals surface area (Å²) in [5.74, 6) is 0.991. The van der Waals surface area contributed by atoms with Crippen molar-refractivity contribution >= 4 is 33.4 Å². The van der Waals surface area contributed by atoms with E-state index in [0.29, 0.717) is 43.5 Å². The van der Waals surface area contributed by atoms with Gasteiger partial charge in [-0.1, -0.05) is 18.2 Å². The molecule has 150 valence electrons. The summed E-state index contributed by atoms with van der Waals surface area (Å²) in [7, 11) is -3.68. The molecule has 1 amide bonds. The number of para-hydroxylation sites is 1. The predicted molar refractivity (Wildman–Crippen MR) is 110 cm³/mol. The summed E-state index contributed by atoms with van der Waals surface area (Å²) < 4.78 is 38.3. The van der Waals surface area contributed by atoms with Crippen LogP contribution in [0.15, 0.2) is 53.4 Å². The Morgan fingerprint density at radius 3 is 2.57 bits per heavy atom. The minimum Gasteiger partial charge on any atom is -0.455 e. The van der Waals surface area contributed by atoms with Gasteiger partial charge in [0.05, 0.1) is 29.5 Å². The van der Waals surface area contributed by atoms with Crippen LogP contribution in [0, 0.1) is 0 Å². The van der Waals surface area contributed by atoms with Crippen molar-refractivity contribution in [3.05, 3.63) is 48.5 Å². The van der Waals surface area contributed by atoms with E-state index in [2.05, 4.69) is 5.32 Å². The van der Waals surface area contributed by atoms with Gasteiger partial charge in [0.25, 0.3) is 0 Å². The third-order valence-corrected chi connectivity index (χ3v) is 6.52. The predicted octanol–water partition coefficient (Wildman–Crippen LogP) is 2.80. The first-order valence-corrected chi connectivity index (χ1v) is 11.6. The fourth-order valence-corrected chi connectivity index (χ4v) is 4.49. The number of carbonyl (C=O) groups is 1. The van der Waals surface area contributed by atoms with Crippen LogP contribution in [0.2, 0.25) is 0 Å². The highest BCUT2D eigenvalue weighted by molar-refractivity contribution is 7.99. The van der Waals surface area contributed by atoms with Gasteiger partial charge in [-0.25, -0.2) is 8.42 Å². The van der Waals surface area contributed by atoms with Crippen molar-refractivity contribution in [2.45, 2.75) is 4.90 Å². The maximum atomic E-state index is 12.9. The summed E-state index contributed by atoms with van der Waals surface area (Å²) in [4.78, 5) is 12.2. The molecule has 0 unspecified atom stereocenters. The molecule has 0 bridgehead atoms. The summed E-state index contributed by atoms with van der Waals surface area (Å²) in [6, 6.07) is 13.6. The van der Waals surface area contributed by atoms with Gasteiger partial charge >= 0.3 is 0 Å². The maximum Gasteiger partial charge on any atom is 0.243 e. The Hall–Kier alpha value is -2.07. The molecular weight excluding hydrogens is 400 g/mol. The van der Waals surface area contributed by atoms with Gasteiger partial charge in [0.2, 0.25) is 15.9 Å². The average Bonchev–Trinajstić information content (AvgIpc) is 2.71. The van der Waals surface area contributed by atoms with Crippen molar-refractivity contribution in [1.29, 1.82) is 0 Å². The lowest BCUT2D eigenvalue weighted by Crippen LogP contribution is -2.40. The highest BCUT2D eigenvalue weighted by Crippen LogP contribution is 2.33. The highest BCUT2D eigenvalue weighted by Gasteiger charge is 2.27. The molecule has 1 N–H and O–H groups in total. The van der Waals surface area contributed by atoms with Gasteiger partial charge in [-0.3, -0.25) is 4.79 Å². The third kappa shape index (κ3) is 5.05. The second-order valence-corrected chi connectivity index (χ2v) is 8.87. The molecule has 2 aromatic rings. The summed E-state index contributed by atoms with van der Waals surface area (Å²) in [5.41, 5.74) is 0.317. The lowest BCUT2D eigenvalue weighted by atomic mass is 10.2. The van der Waals surface area contributed by atoms with Crippen LogP contribution >= 0.6 is 11.8 Å². The molecule has 7 nitrogen and oxygen atoms in total. The van der Waals surface area contributed by atoms with Crippen molar-refractivity contribution in [3.63, 3.8) is 0 Å². The van der Waals surface area contributed by atoms with Gasteiger partial charge in [-0.05, 0) is 36.6 Å². The van der Waals surface area contributed by atoms with E-state index in [1.807, 2.05) is 24.5 Å². The zero-order chi connectivity index (χ0) is 20.0. The molecule has 1 aliphatic rings. The van der Waals surface area contributed by atoms with Crippen LogP contribution in [0.4, 0.5) is 5.69 Å². The number of nitrogens with zero attached hydrogens (tertiary/aromatic N) is 1. The molecule has 1 fully saturated rings. The molecule has 0 atom stereocenters.